The topological polar surface area (TPSA) is 101 Å². The third kappa shape index (κ3) is 2.84. The first-order valence-corrected chi connectivity index (χ1v) is 9.19. The maximum Gasteiger partial charge on any atom is 0.246 e. The molecule has 2 aliphatic rings. The quantitative estimate of drug-likeness (QED) is 0.685. The molecule has 2 aromatic carbocycles. The maximum atomic E-state index is 5.48. The van der Waals surface area contributed by atoms with Crippen LogP contribution in [0.4, 0.5) is 5.95 Å². The van der Waals surface area contributed by atoms with Crippen molar-refractivity contribution in [1.82, 2.24) is 14.9 Å². The van der Waals surface area contributed by atoms with Gasteiger partial charge in [-0.1, -0.05) is 0 Å². The van der Waals surface area contributed by atoms with E-state index in [0.29, 0.717) is 41.3 Å². The van der Waals surface area contributed by atoms with E-state index in [4.69, 9.17) is 28.8 Å². The molecule has 0 spiro atoms. The van der Waals surface area contributed by atoms with E-state index in [0.717, 1.165) is 22.6 Å². The molecular formula is C20H19N5O5. The van der Waals surface area contributed by atoms with Gasteiger partial charge in [-0.2, -0.15) is 9.78 Å². The van der Waals surface area contributed by atoms with Gasteiger partial charge in [-0.3, -0.25) is 0 Å². The lowest BCUT2D eigenvalue weighted by molar-refractivity contribution is 0.174. The van der Waals surface area contributed by atoms with Gasteiger partial charge in [-0.25, -0.2) is 0 Å². The van der Waals surface area contributed by atoms with Crippen molar-refractivity contribution < 1.29 is 23.7 Å². The normalized spacial score (nSPS) is 13.9. The summed E-state index contributed by atoms with van der Waals surface area (Å²) in [6.07, 6.45) is 0. The van der Waals surface area contributed by atoms with Gasteiger partial charge >= 0.3 is 0 Å². The number of aromatic nitrogens is 3. The fourth-order valence-electron chi connectivity index (χ4n) is 3.43. The molecule has 0 aliphatic carbocycles. The van der Waals surface area contributed by atoms with Crippen molar-refractivity contribution in [2.75, 3.05) is 40.0 Å². The molecule has 0 atom stereocenters. The summed E-state index contributed by atoms with van der Waals surface area (Å²) in [4.78, 5) is 0. The van der Waals surface area contributed by atoms with Crippen LogP contribution in [0.25, 0.3) is 11.4 Å². The van der Waals surface area contributed by atoms with Crippen molar-refractivity contribution in [1.29, 1.82) is 0 Å². The number of anilines is 1. The highest BCUT2D eigenvalue weighted by Gasteiger charge is 2.23. The summed E-state index contributed by atoms with van der Waals surface area (Å²) in [6.45, 7) is 0.734. The standard InChI is InChI=1S/C20H19N5O5/c1-26-16-7-12(8-17(27-2)18(16)28-3)19-22-23-20-21-9-13(24-25(19)20)11-4-5-14-15(6-11)30-10-29-14/h4-8H,9-10H2,1-3H3,(H,21,23). The van der Waals surface area contributed by atoms with Gasteiger partial charge in [0.25, 0.3) is 0 Å². The Kier molecular flexibility index (Phi) is 4.31. The van der Waals surface area contributed by atoms with Gasteiger partial charge in [0.15, 0.2) is 28.8 Å². The summed E-state index contributed by atoms with van der Waals surface area (Å²) in [5.41, 5.74) is 2.46. The number of nitrogens with zero attached hydrogens (tertiary/aromatic N) is 4. The van der Waals surface area contributed by atoms with Crippen molar-refractivity contribution in [3.05, 3.63) is 35.9 Å². The molecule has 0 saturated carbocycles. The molecule has 10 nitrogen and oxygen atoms in total. The predicted molar refractivity (Wildman–Crippen MR) is 108 cm³/mol. The zero-order valence-corrected chi connectivity index (χ0v) is 16.6. The molecule has 10 heteroatoms. The van der Waals surface area contributed by atoms with Gasteiger partial charge in [-0.15, -0.1) is 10.2 Å². The molecule has 30 heavy (non-hydrogen) atoms. The highest BCUT2D eigenvalue weighted by Crippen LogP contribution is 2.41. The lowest BCUT2D eigenvalue weighted by atomic mass is 10.1. The summed E-state index contributed by atoms with van der Waals surface area (Å²) in [7, 11) is 4.69. The molecule has 1 aromatic heterocycles. The van der Waals surface area contributed by atoms with Gasteiger partial charge < -0.3 is 29.0 Å². The lowest BCUT2D eigenvalue weighted by Gasteiger charge is -2.17. The first-order chi connectivity index (χ1) is 14.7. The Balaban J connectivity index is 1.58. The van der Waals surface area contributed by atoms with Crippen molar-refractivity contribution >= 4 is 11.7 Å². The van der Waals surface area contributed by atoms with Crippen LogP contribution in [0, 0.1) is 0 Å². The van der Waals surface area contributed by atoms with Crippen molar-refractivity contribution in [3.63, 3.8) is 0 Å². The van der Waals surface area contributed by atoms with Crippen LogP contribution < -0.4 is 29.0 Å². The van der Waals surface area contributed by atoms with Crippen LogP contribution in [-0.4, -0.2) is 55.3 Å². The van der Waals surface area contributed by atoms with E-state index in [9.17, 15) is 0 Å². The Bertz CT molecular complexity index is 1130. The van der Waals surface area contributed by atoms with Crippen molar-refractivity contribution in [3.8, 4) is 40.1 Å². The van der Waals surface area contributed by atoms with Crippen molar-refractivity contribution in [2.45, 2.75) is 0 Å². The highest BCUT2D eigenvalue weighted by atomic mass is 16.7. The molecule has 2 aliphatic heterocycles. The summed E-state index contributed by atoms with van der Waals surface area (Å²) >= 11 is 0. The third-order valence-electron chi connectivity index (χ3n) is 4.90. The summed E-state index contributed by atoms with van der Waals surface area (Å²) < 4.78 is 28.8. The smallest absolute Gasteiger partial charge is 0.246 e. The van der Waals surface area contributed by atoms with Gasteiger partial charge in [-0.05, 0) is 30.3 Å². The van der Waals surface area contributed by atoms with Crippen LogP contribution in [0.3, 0.4) is 0 Å². The average molecular weight is 409 g/mol. The Labute approximate surface area is 172 Å². The predicted octanol–water partition coefficient (Wildman–Crippen LogP) is 2.38. The van der Waals surface area contributed by atoms with Gasteiger partial charge in [0, 0.05) is 11.1 Å². The number of nitrogens with one attached hydrogen (secondary N) is 1. The molecule has 0 radical (unpaired) electrons. The first-order valence-electron chi connectivity index (χ1n) is 9.19. The highest BCUT2D eigenvalue weighted by molar-refractivity contribution is 6.04. The van der Waals surface area contributed by atoms with Gasteiger partial charge in [0.2, 0.25) is 18.5 Å². The molecule has 3 aromatic rings. The van der Waals surface area contributed by atoms with E-state index < -0.39 is 0 Å². The van der Waals surface area contributed by atoms with E-state index in [1.807, 2.05) is 30.3 Å². The van der Waals surface area contributed by atoms with Crippen LogP contribution in [0.1, 0.15) is 5.56 Å². The number of hydrogen-bond donors (Lipinski definition) is 1. The number of methoxy groups -OCH3 is 3. The zero-order chi connectivity index (χ0) is 20.7. The van der Waals surface area contributed by atoms with E-state index in [2.05, 4.69) is 15.5 Å². The minimum absolute atomic E-state index is 0.227. The second-order valence-electron chi connectivity index (χ2n) is 6.54. The van der Waals surface area contributed by atoms with Crippen LogP contribution in [0.2, 0.25) is 0 Å². The largest absolute Gasteiger partial charge is 0.493 e. The molecule has 0 unspecified atom stereocenters. The minimum atomic E-state index is 0.227. The monoisotopic (exact) mass is 409 g/mol. The van der Waals surface area contributed by atoms with Crippen LogP contribution in [-0.2, 0) is 0 Å². The Morgan fingerprint density at radius 3 is 2.40 bits per heavy atom. The van der Waals surface area contributed by atoms with Crippen LogP contribution in [0.15, 0.2) is 35.4 Å². The number of benzene rings is 2. The van der Waals surface area contributed by atoms with Gasteiger partial charge in [0.05, 0.1) is 33.6 Å². The molecule has 1 N–H and O–H groups in total. The zero-order valence-electron chi connectivity index (χ0n) is 16.6. The second-order valence-corrected chi connectivity index (χ2v) is 6.54. The number of fused-ring (bicyclic) bond motifs is 2. The Morgan fingerprint density at radius 1 is 0.900 bits per heavy atom. The molecule has 0 saturated heterocycles. The lowest BCUT2D eigenvalue weighted by Crippen LogP contribution is -2.23. The Morgan fingerprint density at radius 2 is 1.67 bits per heavy atom. The number of rotatable bonds is 5. The summed E-state index contributed by atoms with van der Waals surface area (Å²) in [6, 6.07) is 9.35. The summed E-state index contributed by atoms with van der Waals surface area (Å²) in [5.74, 6) is 4.06. The van der Waals surface area contributed by atoms with Crippen molar-refractivity contribution in [2.24, 2.45) is 5.10 Å². The average Bonchev–Trinajstić information content (AvgIpc) is 3.43. The van der Waals surface area contributed by atoms with E-state index in [-0.39, 0.29) is 6.79 Å². The third-order valence-corrected chi connectivity index (χ3v) is 4.90. The first kappa shape index (κ1) is 18.1. The summed E-state index contributed by atoms with van der Waals surface area (Å²) in [5, 5.41) is 16.5. The molecule has 0 fully saturated rings. The molecule has 3 heterocycles. The van der Waals surface area contributed by atoms with Crippen LogP contribution in [0.5, 0.6) is 28.7 Å². The fourth-order valence-corrected chi connectivity index (χ4v) is 3.43. The van der Waals surface area contributed by atoms with E-state index in [1.54, 1.807) is 26.0 Å². The molecular weight excluding hydrogens is 390 g/mol. The van der Waals surface area contributed by atoms with E-state index >= 15 is 0 Å². The fraction of sp³-hybridized carbons (Fsp3) is 0.250. The Hall–Kier alpha value is -3.95. The molecule has 0 bridgehead atoms. The molecule has 0 amide bonds. The minimum Gasteiger partial charge on any atom is -0.493 e. The maximum absolute atomic E-state index is 5.48. The van der Waals surface area contributed by atoms with Crippen LogP contribution >= 0.6 is 0 Å². The van der Waals surface area contributed by atoms with E-state index in [1.165, 1.54) is 0 Å². The second kappa shape index (κ2) is 7.14. The molecule has 5 rings (SSSR count). The van der Waals surface area contributed by atoms with Gasteiger partial charge in [0.1, 0.15) is 0 Å². The number of hydrogen-bond acceptors (Lipinski definition) is 9. The molecule has 154 valence electrons. The number of ether oxygens (including phenoxy) is 5. The SMILES string of the molecule is COc1cc(-c2nnc3n2N=C(c2ccc4c(c2)OCO4)CN3)cc(OC)c1OC.